The molecule has 0 aliphatic heterocycles. The lowest BCUT2D eigenvalue weighted by Gasteiger charge is -2.22. The van der Waals surface area contributed by atoms with Crippen LogP contribution in [-0.2, 0) is 4.74 Å². The zero-order chi connectivity index (χ0) is 13.8. The van der Waals surface area contributed by atoms with Gasteiger partial charge in [-0.15, -0.1) is 0 Å². The number of benzene rings is 1. The fourth-order valence-corrected chi connectivity index (χ4v) is 3.20. The third kappa shape index (κ3) is 3.83. The average molecular weight is 273 g/mol. The highest BCUT2D eigenvalue weighted by molar-refractivity contribution is 5.28. The summed E-state index contributed by atoms with van der Waals surface area (Å²) in [6.07, 6.45) is 8.39. The van der Waals surface area contributed by atoms with Crippen molar-refractivity contribution in [2.45, 2.75) is 57.6 Å². The summed E-state index contributed by atoms with van der Waals surface area (Å²) in [7, 11) is 0. The van der Waals surface area contributed by atoms with E-state index in [-0.39, 0.29) is 6.10 Å². The molecule has 20 heavy (non-hydrogen) atoms. The van der Waals surface area contributed by atoms with E-state index in [9.17, 15) is 0 Å². The molecule has 3 rings (SSSR count). The molecule has 110 valence electrons. The summed E-state index contributed by atoms with van der Waals surface area (Å²) in [4.78, 5) is 0. The molecule has 2 aliphatic carbocycles. The Balaban J connectivity index is 1.60. The molecule has 1 aromatic rings. The Morgan fingerprint density at radius 2 is 1.90 bits per heavy atom. The number of hydrogen-bond donors (Lipinski definition) is 1. The smallest absolute Gasteiger partial charge is 0.0951 e. The van der Waals surface area contributed by atoms with Crippen molar-refractivity contribution in [3.8, 4) is 0 Å². The zero-order valence-electron chi connectivity index (χ0n) is 12.6. The Morgan fingerprint density at radius 1 is 1.15 bits per heavy atom. The van der Waals surface area contributed by atoms with Crippen LogP contribution < -0.4 is 5.32 Å². The maximum absolute atomic E-state index is 6.31. The molecule has 0 aromatic heterocycles. The number of ether oxygens (including phenoxy) is 1. The highest BCUT2D eigenvalue weighted by Gasteiger charge is 2.24. The first-order valence-electron chi connectivity index (χ1n) is 8.23. The molecule has 0 saturated heterocycles. The van der Waals surface area contributed by atoms with Crippen LogP contribution in [0.1, 0.15) is 55.8 Å². The fourth-order valence-electron chi connectivity index (χ4n) is 3.20. The first-order valence-corrected chi connectivity index (χ1v) is 8.23. The van der Waals surface area contributed by atoms with E-state index in [0.717, 1.165) is 25.1 Å². The van der Waals surface area contributed by atoms with Crippen molar-refractivity contribution in [2.24, 2.45) is 5.92 Å². The molecule has 1 atom stereocenters. The van der Waals surface area contributed by atoms with Gasteiger partial charge in [0.2, 0.25) is 0 Å². The Labute approximate surface area is 122 Å². The largest absolute Gasteiger partial charge is 0.372 e. The molecule has 2 aliphatic rings. The predicted molar refractivity (Wildman–Crippen MR) is 82.9 cm³/mol. The fraction of sp³-hybridized carbons (Fsp3) is 0.667. The van der Waals surface area contributed by atoms with Gasteiger partial charge in [0, 0.05) is 12.6 Å². The van der Waals surface area contributed by atoms with Crippen LogP contribution >= 0.6 is 0 Å². The summed E-state index contributed by atoms with van der Waals surface area (Å²) in [6, 6.07) is 9.41. The van der Waals surface area contributed by atoms with Crippen LogP contribution in [0.15, 0.2) is 24.3 Å². The van der Waals surface area contributed by atoms with E-state index < -0.39 is 0 Å². The summed E-state index contributed by atoms with van der Waals surface area (Å²) >= 11 is 0. The van der Waals surface area contributed by atoms with Gasteiger partial charge in [-0.25, -0.2) is 0 Å². The van der Waals surface area contributed by atoms with Gasteiger partial charge in [0.15, 0.2) is 0 Å². The maximum Gasteiger partial charge on any atom is 0.0951 e. The molecule has 2 nitrogen and oxygen atoms in total. The number of aryl methyl sites for hydroxylation is 1. The van der Waals surface area contributed by atoms with Gasteiger partial charge < -0.3 is 10.1 Å². The normalized spacial score (nSPS) is 21.2. The van der Waals surface area contributed by atoms with Crippen molar-refractivity contribution in [2.75, 3.05) is 13.2 Å². The summed E-state index contributed by atoms with van der Waals surface area (Å²) in [5.41, 5.74) is 2.71. The molecule has 1 aromatic carbocycles. The molecule has 2 heteroatoms. The van der Waals surface area contributed by atoms with Crippen molar-refractivity contribution in [1.82, 2.24) is 5.32 Å². The maximum atomic E-state index is 6.31. The molecule has 2 fully saturated rings. The van der Waals surface area contributed by atoms with Crippen molar-refractivity contribution >= 4 is 0 Å². The van der Waals surface area contributed by atoms with E-state index in [0.29, 0.717) is 0 Å². The molecular weight excluding hydrogens is 246 g/mol. The molecule has 1 N–H and O–H groups in total. The van der Waals surface area contributed by atoms with Gasteiger partial charge in [-0.05, 0) is 49.7 Å². The van der Waals surface area contributed by atoms with Gasteiger partial charge >= 0.3 is 0 Å². The molecule has 1 unspecified atom stereocenters. The van der Waals surface area contributed by atoms with Crippen LogP contribution in [0.4, 0.5) is 0 Å². The zero-order valence-corrected chi connectivity index (χ0v) is 12.6. The SMILES string of the molecule is Cc1ccccc1C(CNC1CC1)OCC1CCCC1. The van der Waals surface area contributed by atoms with Gasteiger partial charge in [-0.2, -0.15) is 0 Å². The summed E-state index contributed by atoms with van der Waals surface area (Å²) in [5, 5.41) is 3.63. The van der Waals surface area contributed by atoms with Crippen LogP contribution in [0.2, 0.25) is 0 Å². The van der Waals surface area contributed by atoms with E-state index in [2.05, 4.69) is 36.5 Å². The van der Waals surface area contributed by atoms with E-state index in [4.69, 9.17) is 4.74 Å². The minimum atomic E-state index is 0.220. The Bertz CT molecular complexity index is 421. The second-order valence-electron chi connectivity index (χ2n) is 6.51. The summed E-state index contributed by atoms with van der Waals surface area (Å²) in [6.45, 7) is 4.09. The second kappa shape index (κ2) is 6.73. The quantitative estimate of drug-likeness (QED) is 0.811. The molecular formula is C18H27NO. The van der Waals surface area contributed by atoms with Crippen molar-refractivity contribution < 1.29 is 4.74 Å². The lowest BCUT2D eigenvalue weighted by molar-refractivity contribution is 0.0289. The number of nitrogens with one attached hydrogen (secondary N) is 1. The van der Waals surface area contributed by atoms with Gasteiger partial charge in [-0.1, -0.05) is 37.1 Å². The van der Waals surface area contributed by atoms with Crippen LogP contribution in [-0.4, -0.2) is 19.2 Å². The van der Waals surface area contributed by atoms with Crippen LogP contribution in [0.3, 0.4) is 0 Å². The molecule has 0 radical (unpaired) electrons. The molecule has 0 spiro atoms. The average Bonchev–Trinajstić information content (AvgIpc) is 3.14. The summed E-state index contributed by atoms with van der Waals surface area (Å²) in [5.74, 6) is 0.794. The monoisotopic (exact) mass is 273 g/mol. The first-order chi connectivity index (χ1) is 9.83. The highest BCUT2D eigenvalue weighted by atomic mass is 16.5. The van der Waals surface area contributed by atoms with Gasteiger partial charge in [0.1, 0.15) is 0 Å². The molecule has 0 amide bonds. The van der Waals surface area contributed by atoms with Crippen LogP contribution in [0.5, 0.6) is 0 Å². The highest BCUT2D eigenvalue weighted by Crippen LogP contribution is 2.29. The lowest BCUT2D eigenvalue weighted by atomic mass is 10.0. The van der Waals surface area contributed by atoms with Crippen molar-refractivity contribution in [3.63, 3.8) is 0 Å². The van der Waals surface area contributed by atoms with E-state index in [1.165, 1.54) is 49.7 Å². The van der Waals surface area contributed by atoms with Crippen LogP contribution in [0.25, 0.3) is 0 Å². The third-order valence-corrected chi connectivity index (χ3v) is 4.71. The van der Waals surface area contributed by atoms with Gasteiger partial charge in [0.05, 0.1) is 12.7 Å². The lowest BCUT2D eigenvalue weighted by Crippen LogP contribution is -2.26. The van der Waals surface area contributed by atoms with E-state index in [1.807, 2.05) is 0 Å². The number of rotatable bonds is 7. The molecule has 0 heterocycles. The molecule has 2 saturated carbocycles. The topological polar surface area (TPSA) is 21.3 Å². The van der Waals surface area contributed by atoms with E-state index in [1.54, 1.807) is 0 Å². The van der Waals surface area contributed by atoms with Crippen molar-refractivity contribution in [3.05, 3.63) is 35.4 Å². The second-order valence-corrected chi connectivity index (χ2v) is 6.51. The third-order valence-electron chi connectivity index (χ3n) is 4.71. The van der Waals surface area contributed by atoms with Gasteiger partial charge in [0.25, 0.3) is 0 Å². The minimum absolute atomic E-state index is 0.220. The summed E-state index contributed by atoms with van der Waals surface area (Å²) < 4.78 is 6.31. The first kappa shape index (κ1) is 14.1. The Kier molecular flexibility index (Phi) is 4.74. The standard InChI is InChI=1S/C18H27NO/c1-14-6-2-5-9-17(14)18(12-19-16-10-11-16)20-13-15-7-3-4-8-15/h2,5-6,9,15-16,18-19H,3-4,7-8,10-13H2,1H3. The van der Waals surface area contributed by atoms with Gasteiger partial charge in [-0.3, -0.25) is 0 Å². The predicted octanol–water partition coefficient (Wildman–Crippen LogP) is 3.99. The van der Waals surface area contributed by atoms with Crippen molar-refractivity contribution in [1.29, 1.82) is 0 Å². The number of hydrogen-bond acceptors (Lipinski definition) is 2. The molecule has 0 bridgehead atoms. The van der Waals surface area contributed by atoms with Crippen LogP contribution in [0, 0.1) is 12.8 Å². The van der Waals surface area contributed by atoms with E-state index >= 15 is 0 Å². The minimum Gasteiger partial charge on any atom is -0.372 e. The Morgan fingerprint density at radius 3 is 2.60 bits per heavy atom. The Hall–Kier alpha value is -0.860.